The third-order valence-corrected chi connectivity index (χ3v) is 7.55. The van der Waals surface area contributed by atoms with Gasteiger partial charge in [-0.1, -0.05) is 18.2 Å². The molecule has 3 rings (SSSR count). The predicted octanol–water partition coefficient (Wildman–Crippen LogP) is 3.37. The largest absolute Gasteiger partial charge is 0.313 e. The van der Waals surface area contributed by atoms with Crippen molar-refractivity contribution in [2.24, 2.45) is 0 Å². The first kappa shape index (κ1) is 15.0. The average Bonchev–Trinajstić information content (AvgIpc) is 2.93. The highest BCUT2D eigenvalue weighted by Gasteiger charge is 2.33. The molecule has 2 heterocycles. The maximum Gasteiger partial charge on any atom is 0.273 e. The number of anilines is 1. The Morgan fingerprint density at radius 2 is 2.05 bits per heavy atom. The van der Waals surface area contributed by atoms with Gasteiger partial charge in [-0.25, -0.2) is 8.42 Å². The van der Waals surface area contributed by atoms with Crippen molar-refractivity contribution in [3.63, 3.8) is 0 Å². The number of hydrogen-bond donors (Lipinski definition) is 1. The number of para-hydroxylation sites is 1. The van der Waals surface area contributed by atoms with E-state index in [4.69, 9.17) is 0 Å². The van der Waals surface area contributed by atoms with E-state index in [1.165, 1.54) is 15.6 Å². The zero-order chi connectivity index (χ0) is 15.0. The molecule has 0 aliphatic carbocycles. The van der Waals surface area contributed by atoms with Crippen LogP contribution in [0.2, 0.25) is 0 Å². The number of nitrogens with zero attached hydrogens (tertiary/aromatic N) is 1. The van der Waals surface area contributed by atoms with E-state index in [2.05, 4.69) is 21.2 Å². The Hall–Kier alpha value is -0.890. The summed E-state index contributed by atoms with van der Waals surface area (Å²) in [6.07, 6.45) is 0.763. The van der Waals surface area contributed by atoms with Gasteiger partial charge in [0.25, 0.3) is 10.0 Å². The van der Waals surface area contributed by atoms with Gasteiger partial charge in [-0.15, -0.1) is 11.3 Å². The lowest BCUT2D eigenvalue weighted by atomic mass is 9.98. The van der Waals surface area contributed by atoms with E-state index in [0.717, 1.165) is 21.5 Å². The van der Waals surface area contributed by atoms with Crippen molar-refractivity contribution >= 4 is 43.0 Å². The predicted molar refractivity (Wildman–Crippen MR) is 89.4 cm³/mol. The molecule has 0 amide bonds. The summed E-state index contributed by atoms with van der Waals surface area (Å²) in [5.74, 6) is 0. The highest BCUT2D eigenvalue weighted by atomic mass is 79.9. The fourth-order valence-corrected chi connectivity index (χ4v) is 6.26. The van der Waals surface area contributed by atoms with Crippen molar-refractivity contribution in [2.75, 3.05) is 17.9 Å². The van der Waals surface area contributed by atoms with Crippen LogP contribution in [0, 0.1) is 0 Å². The Balaban J connectivity index is 2.08. The van der Waals surface area contributed by atoms with Crippen molar-refractivity contribution in [3.8, 4) is 0 Å². The maximum absolute atomic E-state index is 12.9. The minimum atomic E-state index is -3.49. The number of rotatable bonds is 3. The monoisotopic (exact) mass is 386 g/mol. The molecule has 1 aliphatic rings. The van der Waals surface area contributed by atoms with Gasteiger partial charge in [0.1, 0.15) is 4.21 Å². The van der Waals surface area contributed by atoms with E-state index >= 15 is 0 Å². The molecule has 0 spiro atoms. The Morgan fingerprint density at radius 3 is 2.71 bits per heavy atom. The van der Waals surface area contributed by atoms with Crippen LogP contribution < -0.4 is 9.62 Å². The van der Waals surface area contributed by atoms with Gasteiger partial charge in [0.05, 0.1) is 9.47 Å². The standard InChI is InChI=1S/C14H15BrN2O2S2/c1-16-11-8-9-17(12-5-3-2-4-10(11)12)21(18,19)14-7-6-13(15)20-14/h2-7,11,16H,8-9H2,1H3. The van der Waals surface area contributed by atoms with Crippen molar-refractivity contribution in [1.82, 2.24) is 5.32 Å². The van der Waals surface area contributed by atoms with Crippen molar-refractivity contribution in [3.05, 3.63) is 45.7 Å². The first-order valence-corrected chi connectivity index (χ1v) is 9.63. The van der Waals surface area contributed by atoms with Gasteiger partial charge in [0.2, 0.25) is 0 Å². The number of thiophene rings is 1. The summed E-state index contributed by atoms with van der Waals surface area (Å²) in [5.41, 5.74) is 1.80. The first-order valence-electron chi connectivity index (χ1n) is 6.58. The molecule has 1 N–H and O–H groups in total. The van der Waals surface area contributed by atoms with E-state index in [-0.39, 0.29) is 6.04 Å². The Labute approximate surface area is 137 Å². The Kier molecular flexibility index (Phi) is 4.09. The number of hydrogen-bond acceptors (Lipinski definition) is 4. The second-order valence-corrected chi connectivity index (χ2v) is 9.38. The molecule has 112 valence electrons. The van der Waals surface area contributed by atoms with Crippen LogP contribution in [0.1, 0.15) is 18.0 Å². The fraction of sp³-hybridized carbons (Fsp3) is 0.286. The van der Waals surface area contributed by atoms with E-state index in [1.807, 2.05) is 31.3 Å². The molecule has 1 aromatic carbocycles. The van der Waals surface area contributed by atoms with E-state index in [0.29, 0.717) is 10.8 Å². The van der Waals surface area contributed by atoms with E-state index in [1.54, 1.807) is 12.1 Å². The maximum atomic E-state index is 12.9. The second-order valence-electron chi connectivity index (χ2n) is 4.82. The molecule has 21 heavy (non-hydrogen) atoms. The third kappa shape index (κ3) is 2.63. The van der Waals surface area contributed by atoms with Crippen LogP contribution >= 0.6 is 27.3 Å². The summed E-state index contributed by atoms with van der Waals surface area (Å²) in [5, 5.41) is 3.25. The van der Waals surface area contributed by atoms with Crippen molar-refractivity contribution in [2.45, 2.75) is 16.7 Å². The van der Waals surface area contributed by atoms with Gasteiger partial charge in [-0.05, 0) is 53.2 Å². The molecule has 0 radical (unpaired) electrons. The lowest BCUT2D eigenvalue weighted by molar-refractivity contribution is 0.529. The number of halogens is 1. The first-order chi connectivity index (χ1) is 10.0. The number of fused-ring (bicyclic) bond motifs is 1. The van der Waals surface area contributed by atoms with E-state index in [9.17, 15) is 8.42 Å². The Bertz CT molecular complexity index is 758. The summed E-state index contributed by atoms with van der Waals surface area (Å²) in [6, 6.07) is 11.3. The summed E-state index contributed by atoms with van der Waals surface area (Å²) in [6.45, 7) is 0.486. The fourth-order valence-electron chi connectivity index (χ4n) is 2.63. The van der Waals surface area contributed by atoms with Crippen LogP contribution in [0.4, 0.5) is 5.69 Å². The molecule has 1 atom stereocenters. The molecular formula is C14H15BrN2O2S2. The van der Waals surface area contributed by atoms with Crippen LogP contribution in [-0.4, -0.2) is 22.0 Å². The quantitative estimate of drug-likeness (QED) is 0.879. The van der Waals surface area contributed by atoms with Gasteiger partial charge >= 0.3 is 0 Å². The highest BCUT2D eigenvalue weighted by molar-refractivity contribution is 9.11. The third-order valence-electron chi connectivity index (χ3n) is 3.64. The molecule has 4 nitrogen and oxygen atoms in total. The average molecular weight is 387 g/mol. The molecule has 0 bridgehead atoms. The topological polar surface area (TPSA) is 49.4 Å². The SMILES string of the molecule is CNC1CCN(S(=O)(=O)c2ccc(Br)s2)c2ccccc21. The zero-order valence-corrected chi connectivity index (χ0v) is 14.6. The lowest BCUT2D eigenvalue weighted by Gasteiger charge is -2.34. The van der Waals surface area contributed by atoms with E-state index < -0.39 is 10.0 Å². The molecule has 1 aliphatic heterocycles. The summed E-state index contributed by atoms with van der Waals surface area (Å²) in [4.78, 5) is 0. The Morgan fingerprint density at radius 1 is 1.29 bits per heavy atom. The van der Waals surface area contributed by atoms with Crippen LogP contribution in [0.3, 0.4) is 0 Å². The van der Waals surface area contributed by atoms with Crippen LogP contribution in [-0.2, 0) is 10.0 Å². The van der Waals surface area contributed by atoms with Crippen molar-refractivity contribution in [1.29, 1.82) is 0 Å². The van der Waals surface area contributed by atoms with Crippen LogP contribution in [0.5, 0.6) is 0 Å². The summed E-state index contributed by atoms with van der Waals surface area (Å²) in [7, 11) is -1.59. The molecule has 2 aromatic rings. The second kappa shape index (κ2) is 5.72. The molecular weight excluding hydrogens is 372 g/mol. The van der Waals surface area contributed by atoms with Gasteiger partial charge < -0.3 is 5.32 Å². The molecule has 0 saturated heterocycles. The minimum absolute atomic E-state index is 0.197. The number of sulfonamides is 1. The molecule has 7 heteroatoms. The lowest BCUT2D eigenvalue weighted by Crippen LogP contribution is -2.38. The molecule has 0 saturated carbocycles. The van der Waals surface area contributed by atoms with Gasteiger partial charge in [-0.3, -0.25) is 4.31 Å². The zero-order valence-electron chi connectivity index (χ0n) is 11.4. The van der Waals surface area contributed by atoms with Crippen LogP contribution in [0.15, 0.2) is 44.4 Å². The van der Waals surface area contributed by atoms with Gasteiger partial charge in [0, 0.05) is 12.6 Å². The molecule has 1 aromatic heterocycles. The minimum Gasteiger partial charge on any atom is -0.313 e. The van der Waals surface area contributed by atoms with Gasteiger partial charge in [-0.2, -0.15) is 0 Å². The molecule has 1 unspecified atom stereocenters. The normalized spacial score (nSPS) is 18.6. The van der Waals surface area contributed by atoms with Crippen LogP contribution in [0.25, 0.3) is 0 Å². The number of benzene rings is 1. The van der Waals surface area contributed by atoms with Crippen molar-refractivity contribution < 1.29 is 8.42 Å². The number of nitrogens with one attached hydrogen (secondary N) is 1. The van der Waals surface area contributed by atoms with Gasteiger partial charge in [0.15, 0.2) is 0 Å². The summed E-state index contributed by atoms with van der Waals surface area (Å²) >= 11 is 4.57. The summed E-state index contributed by atoms with van der Waals surface area (Å²) < 4.78 is 28.4. The highest BCUT2D eigenvalue weighted by Crippen LogP contribution is 2.38. The molecule has 0 fully saturated rings. The smallest absolute Gasteiger partial charge is 0.273 e.